The van der Waals surface area contributed by atoms with Crippen LogP contribution in [0.25, 0.3) is 6.08 Å². The Labute approximate surface area is 175 Å². The molecule has 0 aliphatic heterocycles. The van der Waals surface area contributed by atoms with E-state index in [0.29, 0.717) is 47.2 Å². The largest absolute Gasteiger partial charge is 0.381 e. The van der Waals surface area contributed by atoms with Crippen molar-refractivity contribution < 1.29 is 14.0 Å². The third kappa shape index (κ3) is 4.08. The molecule has 3 aromatic carbocycles. The Bertz CT molecular complexity index is 1150. The van der Waals surface area contributed by atoms with E-state index in [1.165, 1.54) is 6.07 Å². The maximum atomic E-state index is 14.1. The molecule has 0 aromatic heterocycles. The first-order valence-corrected chi connectivity index (χ1v) is 10.0. The summed E-state index contributed by atoms with van der Waals surface area (Å²) in [4.78, 5) is 23.5. The highest BCUT2D eigenvalue weighted by Crippen LogP contribution is 2.30. The Kier molecular flexibility index (Phi) is 5.57. The number of ketones is 1. The SMILES string of the molecule is CCc1ccc(/C=C2\Cc3cc(NCc4ccc(C=O)cc4)ccc3C2=O)cc1F. The minimum Gasteiger partial charge on any atom is -0.381 e. The average Bonchev–Trinajstić information content (AvgIpc) is 3.07. The van der Waals surface area contributed by atoms with Crippen LogP contribution in [0, 0.1) is 5.82 Å². The topological polar surface area (TPSA) is 46.2 Å². The fourth-order valence-corrected chi connectivity index (χ4v) is 3.71. The summed E-state index contributed by atoms with van der Waals surface area (Å²) in [6.07, 6.45) is 3.79. The van der Waals surface area contributed by atoms with Gasteiger partial charge in [-0.3, -0.25) is 9.59 Å². The van der Waals surface area contributed by atoms with E-state index >= 15 is 0 Å². The number of fused-ring (bicyclic) bond motifs is 1. The zero-order valence-corrected chi connectivity index (χ0v) is 16.7. The van der Waals surface area contributed by atoms with Crippen LogP contribution >= 0.6 is 0 Å². The minimum absolute atomic E-state index is 0.000906. The lowest BCUT2D eigenvalue weighted by Crippen LogP contribution is -2.00. The van der Waals surface area contributed by atoms with Gasteiger partial charge in [0, 0.05) is 35.4 Å². The van der Waals surface area contributed by atoms with Crippen molar-refractivity contribution in [3.8, 4) is 0 Å². The van der Waals surface area contributed by atoms with E-state index < -0.39 is 0 Å². The van der Waals surface area contributed by atoms with Crippen LogP contribution in [-0.4, -0.2) is 12.1 Å². The number of hydrogen-bond donors (Lipinski definition) is 1. The van der Waals surface area contributed by atoms with Gasteiger partial charge in [-0.2, -0.15) is 0 Å². The molecule has 0 heterocycles. The monoisotopic (exact) mass is 399 g/mol. The van der Waals surface area contributed by atoms with Gasteiger partial charge in [0.15, 0.2) is 5.78 Å². The van der Waals surface area contributed by atoms with E-state index in [2.05, 4.69) is 5.32 Å². The highest BCUT2D eigenvalue weighted by atomic mass is 19.1. The number of carbonyl (C=O) groups is 2. The fraction of sp³-hybridized carbons (Fsp3) is 0.154. The Morgan fingerprint density at radius 1 is 1.00 bits per heavy atom. The lowest BCUT2D eigenvalue weighted by atomic mass is 10.0. The molecule has 0 spiro atoms. The third-order valence-electron chi connectivity index (χ3n) is 5.43. The molecule has 30 heavy (non-hydrogen) atoms. The predicted molar refractivity (Wildman–Crippen MR) is 117 cm³/mol. The van der Waals surface area contributed by atoms with Crippen LogP contribution in [-0.2, 0) is 19.4 Å². The van der Waals surface area contributed by atoms with Crippen molar-refractivity contribution in [3.05, 3.63) is 105 Å². The van der Waals surface area contributed by atoms with Gasteiger partial charge in [0.2, 0.25) is 0 Å². The number of benzene rings is 3. The predicted octanol–water partition coefficient (Wildman–Crippen LogP) is 5.64. The number of carbonyl (C=O) groups excluding carboxylic acids is 2. The number of anilines is 1. The molecule has 0 atom stereocenters. The van der Waals surface area contributed by atoms with Crippen molar-refractivity contribution in [2.45, 2.75) is 26.3 Å². The number of nitrogens with one attached hydrogen (secondary N) is 1. The lowest BCUT2D eigenvalue weighted by Gasteiger charge is -2.08. The van der Waals surface area contributed by atoms with E-state index in [1.54, 1.807) is 24.3 Å². The normalized spacial score (nSPS) is 14.1. The molecule has 0 unspecified atom stereocenters. The van der Waals surface area contributed by atoms with Gasteiger partial charge in [-0.05, 0) is 59.0 Å². The molecule has 4 heteroatoms. The Morgan fingerprint density at radius 2 is 1.77 bits per heavy atom. The number of allylic oxidation sites excluding steroid dienone is 1. The Balaban J connectivity index is 1.49. The molecule has 150 valence electrons. The van der Waals surface area contributed by atoms with Crippen molar-refractivity contribution in [1.29, 1.82) is 0 Å². The molecule has 0 bridgehead atoms. The number of aryl methyl sites for hydroxylation is 1. The second-order valence-electron chi connectivity index (χ2n) is 7.46. The smallest absolute Gasteiger partial charge is 0.189 e. The molecule has 3 nitrogen and oxygen atoms in total. The van der Waals surface area contributed by atoms with Crippen molar-refractivity contribution in [3.63, 3.8) is 0 Å². The number of rotatable bonds is 6. The van der Waals surface area contributed by atoms with Crippen molar-refractivity contribution >= 4 is 23.8 Å². The van der Waals surface area contributed by atoms with Gasteiger partial charge >= 0.3 is 0 Å². The average molecular weight is 399 g/mol. The van der Waals surface area contributed by atoms with Crippen LogP contribution in [0.2, 0.25) is 0 Å². The van der Waals surface area contributed by atoms with Gasteiger partial charge in [-0.1, -0.05) is 43.3 Å². The second-order valence-corrected chi connectivity index (χ2v) is 7.46. The molecule has 1 N–H and O–H groups in total. The van der Waals surface area contributed by atoms with Crippen LogP contribution in [0.15, 0.2) is 66.2 Å². The fourth-order valence-electron chi connectivity index (χ4n) is 3.71. The van der Waals surface area contributed by atoms with Crippen molar-refractivity contribution in [2.75, 3.05) is 5.32 Å². The quantitative estimate of drug-likeness (QED) is 0.431. The van der Waals surface area contributed by atoms with Crippen LogP contribution in [0.4, 0.5) is 10.1 Å². The van der Waals surface area contributed by atoms with Crippen LogP contribution < -0.4 is 5.32 Å². The van der Waals surface area contributed by atoms with E-state index in [4.69, 9.17) is 0 Å². The Morgan fingerprint density at radius 3 is 2.47 bits per heavy atom. The first-order valence-electron chi connectivity index (χ1n) is 10.0. The third-order valence-corrected chi connectivity index (χ3v) is 5.43. The zero-order chi connectivity index (χ0) is 21.1. The molecule has 4 rings (SSSR count). The summed E-state index contributed by atoms with van der Waals surface area (Å²) in [5.41, 5.74) is 6.38. The van der Waals surface area contributed by atoms with E-state index in [9.17, 15) is 14.0 Å². The first-order chi connectivity index (χ1) is 14.6. The van der Waals surface area contributed by atoms with Crippen molar-refractivity contribution in [2.24, 2.45) is 0 Å². The summed E-state index contributed by atoms with van der Waals surface area (Å²) in [5, 5.41) is 3.36. The van der Waals surface area contributed by atoms with Crippen LogP contribution in [0.1, 0.15) is 49.9 Å². The molecule has 1 aliphatic carbocycles. The minimum atomic E-state index is -0.234. The maximum absolute atomic E-state index is 14.1. The first kappa shape index (κ1) is 19.8. The maximum Gasteiger partial charge on any atom is 0.189 e. The second kappa shape index (κ2) is 8.46. The van der Waals surface area contributed by atoms with Gasteiger partial charge in [-0.15, -0.1) is 0 Å². The van der Waals surface area contributed by atoms with E-state index in [-0.39, 0.29) is 11.6 Å². The lowest BCUT2D eigenvalue weighted by molar-refractivity contribution is 0.104. The molecule has 0 fully saturated rings. The summed E-state index contributed by atoms with van der Waals surface area (Å²) in [7, 11) is 0. The summed E-state index contributed by atoms with van der Waals surface area (Å²) < 4.78 is 14.1. The molecule has 0 radical (unpaired) electrons. The molecule has 3 aromatic rings. The van der Waals surface area contributed by atoms with Crippen LogP contribution in [0.3, 0.4) is 0 Å². The summed E-state index contributed by atoms with van der Waals surface area (Å²) in [5.74, 6) is -0.233. The summed E-state index contributed by atoms with van der Waals surface area (Å²) >= 11 is 0. The molecule has 1 aliphatic rings. The zero-order valence-electron chi connectivity index (χ0n) is 16.7. The van der Waals surface area contributed by atoms with Gasteiger partial charge in [0.05, 0.1) is 0 Å². The van der Waals surface area contributed by atoms with Crippen LogP contribution in [0.5, 0.6) is 0 Å². The number of halogens is 1. The number of Topliss-reactive ketones (excluding diaryl/α,β-unsaturated/α-hetero) is 1. The highest BCUT2D eigenvalue weighted by Gasteiger charge is 2.25. The number of aldehydes is 1. The van der Waals surface area contributed by atoms with E-state index in [0.717, 1.165) is 23.1 Å². The van der Waals surface area contributed by atoms with E-state index in [1.807, 2.05) is 43.3 Å². The highest BCUT2D eigenvalue weighted by molar-refractivity contribution is 6.15. The van der Waals surface area contributed by atoms with Crippen molar-refractivity contribution in [1.82, 2.24) is 0 Å². The molecular weight excluding hydrogens is 377 g/mol. The molecule has 0 saturated heterocycles. The van der Waals surface area contributed by atoms with Gasteiger partial charge in [-0.25, -0.2) is 4.39 Å². The molecule has 0 amide bonds. The molecular formula is C26H22FNO2. The van der Waals surface area contributed by atoms with Gasteiger partial charge < -0.3 is 5.32 Å². The standard InChI is InChI=1S/C26H22FNO2/c1-2-20-8-7-19(12-25(20)27)11-22-13-21-14-23(9-10-24(21)26(22)30)28-15-17-3-5-18(16-29)6-4-17/h3-12,14,16,28H,2,13,15H2,1H3/b22-11+. The Hall–Kier alpha value is -3.53. The molecule has 0 saturated carbocycles. The van der Waals surface area contributed by atoms with Gasteiger partial charge in [0.25, 0.3) is 0 Å². The summed E-state index contributed by atoms with van der Waals surface area (Å²) in [6.45, 7) is 2.54. The summed E-state index contributed by atoms with van der Waals surface area (Å²) in [6, 6.07) is 18.3. The number of hydrogen-bond acceptors (Lipinski definition) is 3. The van der Waals surface area contributed by atoms with Gasteiger partial charge in [0.1, 0.15) is 12.1 Å².